The number of hydrogen-bond acceptors (Lipinski definition) is 5. The van der Waals surface area contributed by atoms with Crippen LogP contribution in [-0.2, 0) is 19.3 Å². The Hall–Kier alpha value is -2.24. The minimum atomic E-state index is 0.533. The lowest BCUT2D eigenvalue weighted by Crippen LogP contribution is -2.35. The molecule has 1 atom stereocenters. The Labute approximate surface area is 158 Å². The average Bonchev–Trinajstić information content (AvgIpc) is 3.17. The Morgan fingerprint density at radius 1 is 1.27 bits per heavy atom. The first-order valence-electron chi connectivity index (χ1n) is 9.06. The van der Waals surface area contributed by atoms with Gasteiger partial charge in [-0.3, -0.25) is 4.98 Å². The van der Waals surface area contributed by atoms with Gasteiger partial charge in [0.15, 0.2) is 0 Å². The lowest BCUT2D eigenvalue weighted by atomic mass is 9.88. The third kappa shape index (κ3) is 3.94. The molecule has 26 heavy (non-hydrogen) atoms. The first-order valence-corrected chi connectivity index (χ1v) is 9.94. The highest BCUT2D eigenvalue weighted by molar-refractivity contribution is 7.13. The van der Waals surface area contributed by atoms with Crippen molar-refractivity contribution in [2.75, 3.05) is 13.7 Å². The molecule has 0 unspecified atom stereocenters. The molecule has 0 aliphatic heterocycles. The summed E-state index contributed by atoms with van der Waals surface area (Å²) in [5.41, 5.74) is 5.12. The molecule has 2 heterocycles. The van der Waals surface area contributed by atoms with Gasteiger partial charge in [0, 0.05) is 42.3 Å². The first kappa shape index (κ1) is 17.2. The van der Waals surface area contributed by atoms with E-state index in [0.717, 1.165) is 47.8 Å². The summed E-state index contributed by atoms with van der Waals surface area (Å²) in [5.74, 6) is 0.954. The highest BCUT2D eigenvalue weighted by atomic mass is 32.1. The van der Waals surface area contributed by atoms with Crippen LogP contribution in [0, 0.1) is 0 Å². The van der Waals surface area contributed by atoms with E-state index in [-0.39, 0.29) is 0 Å². The number of hydrogen-bond donors (Lipinski definition) is 1. The molecular weight excluding hydrogens is 342 g/mol. The van der Waals surface area contributed by atoms with Gasteiger partial charge < -0.3 is 10.1 Å². The number of thiazole rings is 1. The molecular formula is C21H23N3OS. The second kappa shape index (κ2) is 7.98. The number of benzene rings is 1. The molecule has 0 radical (unpaired) electrons. The lowest BCUT2D eigenvalue weighted by molar-refractivity contribution is 0.411. The smallest absolute Gasteiger partial charge is 0.125 e. The predicted molar refractivity (Wildman–Crippen MR) is 106 cm³/mol. The number of fused-ring (bicyclic) bond motifs is 1. The van der Waals surface area contributed by atoms with Crippen LogP contribution in [0.3, 0.4) is 0 Å². The van der Waals surface area contributed by atoms with E-state index in [0.29, 0.717) is 6.04 Å². The van der Waals surface area contributed by atoms with E-state index in [4.69, 9.17) is 9.72 Å². The van der Waals surface area contributed by atoms with Crippen LogP contribution in [0.4, 0.5) is 0 Å². The van der Waals surface area contributed by atoms with E-state index >= 15 is 0 Å². The molecule has 0 spiro atoms. The SMILES string of the molecule is COc1ccc2c(c1)C[C@@H](NCCc1csc(-c3cccnc3)n1)CC2. The standard InChI is InChI=1S/C21H23N3OS/c1-25-20-7-5-15-4-6-18(11-17(15)12-20)23-10-8-19-14-26-21(24-19)16-3-2-9-22-13-16/h2-3,5,7,9,12-14,18,23H,4,6,8,10-11H2,1H3/t18-/m0/s1. The second-order valence-corrected chi connectivity index (χ2v) is 7.52. The number of pyridine rings is 1. The highest BCUT2D eigenvalue weighted by Crippen LogP contribution is 2.26. The minimum absolute atomic E-state index is 0.533. The molecule has 134 valence electrons. The predicted octanol–water partition coefficient (Wildman–Crippen LogP) is 3.90. The van der Waals surface area contributed by atoms with Gasteiger partial charge in [0.1, 0.15) is 10.8 Å². The average molecular weight is 366 g/mol. The van der Waals surface area contributed by atoms with Crippen LogP contribution in [0.15, 0.2) is 48.1 Å². The van der Waals surface area contributed by atoms with E-state index in [1.165, 1.54) is 17.5 Å². The number of aromatic nitrogens is 2. The van der Waals surface area contributed by atoms with Crippen molar-refractivity contribution in [3.8, 4) is 16.3 Å². The topological polar surface area (TPSA) is 47.0 Å². The minimum Gasteiger partial charge on any atom is -0.497 e. The molecule has 1 N–H and O–H groups in total. The summed E-state index contributed by atoms with van der Waals surface area (Å²) in [6.45, 7) is 0.959. The van der Waals surface area contributed by atoms with Gasteiger partial charge in [-0.05, 0) is 54.7 Å². The van der Waals surface area contributed by atoms with E-state index < -0.39 is 0 Å². The maximum atomic E-state index is 5.36. The van der Waals surface area contributed by atoms with E-state index in [2.05, 4.69) is 39.9 Å². The van der Waals surface area contributed by atoms with Crippen LogP contribution in [0.25, 0.3) is 10.6 Å². The zero-order valence-electron chi connectivity index (χ0n) is 14.9. The van der Waals surface area contributed by atoms with Crippen molar-refractivity contribution in [2.24, 2.45) is 0 Å². The summed E-state index contributed by atoms with van der Waals surface area (Å²) < 4.78 is 5.36. The quantitative estimate of drug-likeness (QED) is 0.720. The largest absolute Gasteiger partial charge is 0.497 e. The fourth-order valence-electron chi connectivity index (χ4n) is 3.48. The summed E-state index contributed by atoms with van der Waals surface area (Å²) in [7, 11) is 1.73. The summed E-state index contributed by atoms with van der Waals surface area (Å²) in [6.07, 6.45) is 8.02. The highest BCUT2D eigenvalue weighted by Gasteiger charge is 2.18. The zero-order chi connectivity index (χ0) is 17.8. The number of ether oxygens (including phenoxy) is 1. The molecule has 0 amide bonds. The van der Waals surface area contributed by atoms with Crippen molar-refractivity contribution in [1.29, 1.82) is 0 Å². The van der Waals surface area contributed by atoms with E-state index in [1.807, 2.05) is 12.3 Å². The Bertz CT molecular complexity index is 863. The van der Waals surface area contributed by atoms with Gasteiger partial charge in [-0.25, -0.2) is 4.98 Å². The molecule has 0 saturated heterocycles. The van der Waals surface area contributed by atoms with E-state index in [9.17, 15) is 0 Å². The Morgan fingerprint density at radius 3 is 3.08 bits per heavy atom. The number of nitrogens with zero attached hydrogens (tertiary/aromatic N) is 2. The molecule has 4 nitrogen and oxygen atoms in total. The Morgan fingerprint density at radius 2 is 2.23 bits per heavy atom. The summed E-state index contributed by atoms with van der Waals surface area (Å²) in [5, 5.41) is 6.91. The third-order valence-corrected chi connectivity index (χ3v) is 5.86. The summed E-state index contributed by atoms with van der Waals surface area (Å²) in [4.78, 5) is 8.91. The summed E-state index contributed by atoms with van der Waals surface area (Å²) in [6, 6.07) is 11.0. The van der Waals surface area contributed by atoms with Crippen molar-refractivity contribution < 1.29 is 4.74 Å². The molecule has 4 rings (SSSR count). The molecule has 0 saturated carbocycles. The van der Waals surface area contributed by atoms with Gasteiger partial charge in [-0.15, -0.1) is 11.3 Å². The Balaban J connectivity index is 1.31. The van der Waals surface area contributed by atoms with Gasteiger partial charge in [0.05, 0.1) is 12.8 Å². The molecule has 1 aliphatic rings. The van der Waals surface area contributed by atoms with Crippen molar-refractivity contribution in [1.82, 2.24) is 15.3 Å². The number of aryl methyl sites for hydroxylation is 1. The monoisotopic (exact) mass is 365 g/mol. The molecule has 3 aromatic rings. The fraction of sp³-hybridized carbons (Fsp3) is 0.333. The number of rotatable bonds is 6. The van der Waals surface area contributed by atoms with Crippen LogP contribution in [0.1, 0.15) is 23.2 Å². The van der Waals surface area contributed by atoms with Gasteiger partial charge in [-0.2, -0.15) is 0 Å². The van der Waals surface area contributed by atoms with Gasteiger partial charge in [0.2, 0.25) is 0 Å². The van der Waals surface area contributed by atoms with Gasteiger partial charge in [-0.1, -0.05) is 6.07 Å². The maximum Gasteiger partial charge on any atom is 0.125 e. The van der Waals surface area contributed by atoms with Crippen molar-refractivity contribution in [3.63, 3.8) is 0 Å². The van der Waals surface area contributed by atoms with Crippen LogP contribution in [0.5, 0.6) is 5.75 Å². The molecule has 0 bridgehead atoms. The molecule has 5 heteroatoms. The van der Waals surface area contributed by atoms with E-state index in [1.54, 1.807) is 24.6 Å². The van der Waals surface area contributed by atoms with Crippen LogP contribution >= 0.6 is 11.3 Å². The Kier molecular flexibility index (Phi) is 5.27. The normalized spacial score (nSPS) is 16.3. The molecule has 1 aliphatic carbocycles. The van der Waals surface area contributed by atoms with Crippen molar-refractivity contribution in [2.45, 2.75) is 31.7 Å². The number of nitrogens with one attached hydrogen (secondary N) is 1. The zero-order valence-corrected chi connectivity index (χ0v) is 15.8. The van der Waals surface area contributed by atoms with Crippen LogP contribution in [-0.4, -0.2) is 29.7 Å². The van der Waals surface area contributed by atoms with Crippen molar-refractivity contribution >= 4 is 11.3 Å². The van der Waals surface area contributed by atoms with Gasteiger partial charge in [0.25, 0.3) is 0 Å². The van der Waals surface area contributed by atoms with Gasteiger partial charge >= 0.3 is 0 Å². The fourth-order valence-corrected chi connectivity index (χ4v) is 4.33. The lowest BCUT2D eigenvalue weighted by Gasteiger charge is -2.26. The molecule has 1 aromatic carbocycles. The molecule has 2 aromatic heterocycles. The maximum absolute atomic E-state index is 5.36. The number of methoxy groups -OCH3 is 1. The summed E-state index contributed by atoms with van der Waals surface area (Å²) >= 11 is 1.69. The second-order valence-electron chi connectivity index (χ2n) is 6.66. The third-order valence-electron chi connectivity index (χ3n) is 4.92. The van der Waals surface area contributed by atoms with Crippen molar-refractivity contribution in [3.05, 3.63) is 64.9 Å². The first-order chi connectivity index (χ1) is 12.8. The van der Waals surface area contributed by atoms with Crippen LogP contribution in [0.2, 0.25) is 0 Å². The molecule has 0 fully saturated rings. The van der Waals surface area contributed by atoms with Crippen LogP contribution < -0.4 is 10.1 Å².